The predicted octanol–water partition coefficient (Wildman–Crippen LogP) is 3.09. The number of fused-ring (bicyclic) bond motifs is 2. The smallest absolute Gasteiger partial charge is 0.277 e. The van der Waals surface area contributed by atoms with E-state index >= 15 is 0 Å². The van der Waals surface area contributed by atoms with Gasteiger partial charge in [0.05, 0.1) is 21.8 Å². The Labute approximate surface area is 177 Å². The van der Waals surface area contributed by atoms with Crippen molar-refractivity contribution < 1.29 is 8.42 Å². The molecule has 0 radical (unpaired) electrons. The quantitative estimate of drug-likeness (QED) is 0.530. The second-order valence-corrected chi connectivity index (χ2v) is 9.49. The summed E-state index contributed by atoms with van der Waals surface area (Å²) in [4.78, 5) is 17.9. The lowest BCUT2D eigenvalue weighted by Gasteiger charge is -2.27. The van der Waals surface area contributed by atoms with E-state index in [-0.39, 0.29) is 23.5 Å². The zero-order chi connectivity index (χ0) is 20.9. The normalized spacial score (nSPS) is 14.7. The van der Waals surface area contributed by atoms with Crippen molar-refractivity contribution >= 4 is 27.3 Å². The molecule has 0 fully saturated rings. The van der Waals surface area contributed by atoms with Crippen molar-refractivity contribution in [1.29, 1.82) is 0 Å². The number of hydrogen-bond donors (Lipinski definition) is 1. The minimum atomic E-state index is -3.77. The first kappa shape index (κ1) is 19.0. The number of rotatable bonds is 3. The van der Waals surface area contributed by atoms with Crippen molar-refractivity contribution in [2.75, 3.05) is 6.54 Å². The van der Waals surface area contributed by atoms with Gasteiger partial charge in [-0.1, -0.05) is 48.0 Å². The maximum absolute atomic E-state index is 13.1. The molecule has 2 aromatic carbocycles. The van der Waals surface area contributed by atoms with Crippen LogP contribution in [0.3, 0.4) is 0 Å². The topological polar surface area (TPSA) is 87.5 Å². The Balaban J connectivity index is 1.56. The summed E-state index contributed by atoms with van der Waals surface area (Å²) in [5.41, 5.74) is 2.95. The molecule has 2 aromatic heterocycles. The third-order valence-electron chi connectivity index (χ3n) is 5.25. The summed E-state index contributed by atoms with van der Waals surface area (Å²) in [6.45, 7) is 0.221. The lowest BCUT2D eigenvalue weighted by molar-refractivity contribution is 0.384. The number of nitrogens with one attached hydrogen (secondary N) is 1. The lowest BCUT2D eigenvalue weighted by Crippen LogP contribution is -2.40. The molecule has 1 aliphatic rings. The van der Waals surface area contributed by atoms with Crippen LogP contribution in [0.5, 0.6) is 0 Å². The van der Waals surface area contributed by atoms with Gasteiger partial charge >= 0.3 is 0 Å². The first-order valence-corrected chi connectivity index (χ1v) is 11.2. The van der Waals surface area contributed by atoms with Gasteiger partial charge in [0, 0.05) is 30.6 Å². The standard InChI is InChI=1S/C21H17ClN4O3S/c22-15-7-4-8-16(11-15)30(28,29)25-10-9-18-17(13-25)21(27)26-20(23-18)12-19(24-26)14-5-2-1-3-6-14/h1-8,11-12,24H,9-10,13H2. The summed E-state index contributed by atoms with van der Waals surface area (Å²) < 4.78 is 28.8. The Bertz CT molecular complexity index is 1430. The minimum absolute atomic E-state index is 0.0291. The van der Waals surface area contributed by atoms with Gasteiger partial charge in [0.25, 0.3) is 5.56 Å². The maximum Gasteiger partial charge on any atom is 0.277 e. The molecule has 0 saturated carbocycles. The highest BCUT2D eigenvalue weighted by molar-refractivity contribution is 7.89. The molecular weight excluding hydrogens is 424 g/mol. The summed E-state index contributed by atoms with van der Waals surface area (Å²) in [5, 5.41) is 3.42. The first-order chi connectivity index (χ1) is 14.4. The van der Waals surface area contributed by atoms with Crippen LogP contribution in [0.1, 0.15) is 11.3 Å². The number of sulfonamides is 1. The Hall–Kier alpha value is -2.94. The van der Waals surface area contributed by atoms with E-state index in [1.807, 2.05) is 36.4 Å². The highest BCUT2D eigenvalue weighted by Crippen LogP contribution is 2.25. The van der Waals surface area contributed by atoms with Gasteiger partial charge in [-0.05, 0) is 23.8 Å². The van der Waals surface area contributed by atoms with E-state index in [1.54, 1.807) is 12.1 Å². The fraction of sp³-hybridized carbons (Fsp3) is 0.143. The number of nitrogens with zero attached hydrogens (tertiary/aromatic N) is 3. The molecule has 0 aliphatic carbocycles. The largest absolute Gasteiger partial charge is 0.289 e. The van der Waals surface area contributed by atoms with Gasteiger partial charge in [0.15, 0.2) is 5.65 Å². The van der Waals surface area contributed by atoms with E-state index < -0.39 is 10.0 Å². The predicted molar refractivity (Wildman–Crippen MR) is 114 cm³/mol. The number of halogens is 1. The van der Waals surface area contributed by atoms with Gasteiger partial charge in [-0.25, -0.2) is 17.9 Å². The third kappa shape index (κ3) is 3.13. The van der Waals surface area contributed by atoms with Gasteiger partial charge in [-0.3, -0.25) is 9.89 Å². The van der Waals surface area contributed by atoms with Crippen molar-refractivity contribution in [3.05, 3.63) is 87.3 Å². The van der Waals surface area contributed by atoms with Crippen LogP contribution in [0, 0.1) is 0 Å². The summed E-state index contributed by atoms with van der Waals surface area (Å²) in [6.07, 6.45) is 0.368. The van der Waals surface area contributed by atoms with E-state index in [1.165, 1.54) is 21.0 Å². The van der Waals surface area contributed by atoms with Crippen LogP contribution in [0.2, 0.25) is 5.02 Å². The molecule has 0 spiro atoms. The monoisotopic (exact) mass is 440 g/mol. The second kappa shape index (κ2) is 7.09. The Kier molecular flexibility index (Phi) is 4.50. The van der Waals surface area contributed by atoms with Crippen molar-refractivity contribution in [2.45, 2.75) is 17.9 Å². The van der Waals surface area contributed by atoms with Crippen LogP contribution in [0.15, 0.2) is 70.4 Å². The van der Waals surface area contributed by atoms with Crippen LogP contribution in [0.4, 0.5) is 0 Å². The number of aromatic amines is 1. The molecule has 0 saturated heterocycles. The maximum atomic E-state index is 13.1. The fourth-order valence-corrected chi connectivity index (χ4v) is 5.41. The SMILES string of the molecule is O=c1c2c(nc3cc(-c4ccccc4)[nH]n13)CCN(S(=O)(=O)c1cccc(Cl)c1)C2. The molecule has 0 amide bonds. The van der Waals surface area contributed by atoms with Gasteiger partial charge in [0.2, 0.25) is 10.0 Å². The lowest BCUT2D eigenvalue weighted by atomic mass is 10.1. The van der Waals surface area contributed by atoms with Crippen molar-refractivity contribution in [2.24, 2.45) is 0 Å². The van der Waals surface area contributed by atoms with Crippen LogP contribution in [0.25, 0.3) is 16.9 Å². The van der Waals surface area contributed by atoms with Gasteiger partial charge in [-0.15, -0.1) is 0 Å². The number of benzene rings is 2. The summed E-state index contributed by atoms with van der Waals surface area (Å²) in [6, 6.07) is 17.6. The Morgan fingerprint density at radius 2 is 1.83 bits per heavy atom. The van der Waals surface area contributed by atoms with E-state index in [4.69, 9.17) is 11.6 Å². The molecule has 152 valence electrons. The van der Waals surface area contributed by atoms with Crippen molar-refractivity contribution in [3.8, 4) is 11.3 Å². The molecule has 1 aliphatic heterocycles. The van der Waals surface area contributed by atoms with E-state index in [0.29, 0.717) is 28.3 Å². The average Bonchev–Trinajstić information content (AvgIpc) is 3.19. The molecule has 1 N–H and O–H groups in total. The molecule has 9 heteroatoms. The molecule has 0 unspecified atom stereocenters. The van der Waals surface area contributed by atoms with Crippen LogP contribution >= 0.6 is 11.6 Å². The van der Waals surface area contributed by atoms with E-state index in [9.17, 15) is 13.2 Å². The number of hydrogen-bond acceptors (Lipinski definition) is 4. The molecular formula is C21H17ClN4O3S. The van der Waals surface area contributed by atoms with Gasteiger partial charge < -0.3 is 0 Å². The fourth-order valence-electron chi connectivity index (χ4n) is 3.70. The number of H-pyrrole nitrogens is 1. The molecule has 5 rings (SSSR count). The highest BCUT2D eigenvalue weighted by Gasteiger charge is 2.31. The zero-order valence-electron chi connectivity index (χ0n) is 15.7. The van der Waals surface area contributed by atoms with Crippen LogP contribution < -0.4 is 5.56 Å². The number of aromatic nitrogens is 3. The van der Waals surface area contributed by atoms with Crippen molar-refractivity contribution in [3.63, 3.8) is 0 Å². The summed E-state index contributed by atoms with van der Waals surface area (Å²) in [5.74, 6) is 0. The Morgan fingerprint density at radius 1 is 1.03 bits per heavy atom. The minimum Gasteiger partial charge on any atom is -0.289 e. The highest BCUT2D eigenvalue weighted by atomic mass is 35.5. The van der Waals surface area contributed by atoms with Crippen LogP contribution in [-0.4, -0.2) is 33.9 Å². The van der Waals surface area contributed by atoms with E-state index in [0.717, 1.165) is 11.3 Å². The third-order valence-corrected chi connectivity index (χ3v) is 7.32. The first-order valence-electron chi connectivity index (χ1n) is 9.38. The molecule has 4 aromatic rings. The average molecular weight is 441 g/mol. The molecule has 7 nitrogen and oxygen atoms in total. The Morgan fingerprint density at radius 3 is 2.60 bits per heavy atom. The summed E-state index contributed by atoms with van der Waals surface area (Å²) >= 11 is 5.96. The molecule has 30 heavy (non-hydrogen) atoms. The van der Waals surface area contributed by atoms with Gasteiger partial charge in [0.1, 0.15) is 0 Å². The van der Waals surface area contributed by atoms with Crippen LogP contribution in [-0.2, 0) is 23.0 Å². The second-order valence-electron chi connectivity index (χ2n) is 7.12. The molecule has 3 heterocycles. The molecule has 0 atom stereocenters. The summed E-state index contributed by atoms with van der Waals surface area (Å²) in [7, 11) is -3.77. The van der Waals surface area contributed by atoms with Crippen molar-refractivity contribution in [1.82, 2.24) is 18.9 Å². The zero-order valence-corrected chi connectivity index (χ0v) is 17.3. The molecule has 0 bridgehead atoms. The van der Waals surface area contributed by atoms with E-state index in [2.05, 4.69) is 10.1 Å². The van der Waals surface area contributed by atoms with Gasteiger partial charge in [-0.2, -0.15) is 4.31 Å².